The van der Waals surface area contributed by atoms with Gasteiger partial charge in [0.25, 0.3) is 0 Å². The normalized spacial score (nSPS) is 11.7. The number of nitrogens with zero attached hydrogens (tertiary/aromatic N) is 2. The maximum atomic E-state index is 10.2. The van der Waals surface area contributed by atoms with Crippen molar-refractivity contribution in [3.05, 3.63) is 108 Å². The molecule has 0 fully saturated rings. The van der Waals surface area contributed by atoms with Gasteiger partial charge in [0.15, 0.2) is 0 Å². The summed E-state index contributed by atoms with van der Waals surface area (Å²) >= 11 is 0. The molecular formula is C28H24N2O2Zn. The van der Waals surface area contributed by atoms with Crippen molar-refractivity contribution in [2.45, 2.75) is 13.8 Å². The van der Waals surface area contributed by atoms with Crippen LogP contribution in [0.4, 0.5) is 11.4 Å². The van der Waals surface area contributed by atoms with Crippen LogP contribution in [-0.2, 0) is 19.5 Å². The number of aliphatic imine (C=N–C) groups is 2. The molecule has 0 saturated carbocycles. The number of hydrogen-bond donors (Lipinski definition) is 2. The molecule has 2 N–H and O–H groups in total. The van der Waals surface area contributed by atoms with Gasteiger partial charge in [-0.3, -0.25) is 9.98 Å². The van der Waals surface area contributed by atoms with Crippen molar-refractivity contribution in [3.63, 3.8) is 0 Å². The topological polar surface area (TPSA) is 65.2 Å². The number of rotatable bonds is 5. The fourth-order valence-electron chi connectivity index (χ4n) is 3.64. The van der Waals surface area contributed by atoms with Gasteiger partial charge in [0.05, 0.1) is 11.4 Å². The first-order valence-corrected chi connectivity index (χ1v) is 10.4. The Labute approximate surface area is 206 Å². The molecule has 4 rings (SSSR count). The Morgan fingerprint density at radius 3 is 1.24 bits per heavy atom. The van der Waals surface area contributed by atoms with E-state index < -0.39 is 0 Å². The Bertz CT molecular complexity index is 1230. The van der Waals surface area contributed by atoms with Crippen LogP contribution in [0.3, 0.4) is 0 Å². The van der Waals surface area contributed by atoms with Crippen LogP contribution >= 0.6 is 0 Å². The van der Waals surface area contributed by atoms with Gasteiger partial charge in [0, 0.05) is 53.2 Å². The summed E-state index contributed by atoms with van der Waals surface area (Å²) < 4.78 is 0. The number of aromatic hydroxyl groups is 2. The first-order valence-electron chi connectivity index (χ1n) is 10.4. The van der Waals surface area contributed by atoms with E-state index in [9.17, 15) is 10.2 Å². The van der Waals surface area contributed by atoms with E-state index in [0.717, 1.165) is 33.9 Å². The summed E-state index contributed by atoms with van der Waals surface area (Å²) in [5.74, 6) is 0.407. The van der Waals surface area contributed by atoms with E-state index in [1.54, 1.807) is 24.3 Å². The van der Waals surface area contributed by atoms with Crippen molar-refractivity contribution in [2.24, 2.45) is 9.98 Å². The number of phenolic OH excluding ortho intramolecular Hbond substituents is 2. The molecule has 4 nitrogen and oxygen atoms in total. The summed E-state index contributed by atoms with van der Waals surface area (Å²) in [5.41, 5.74) is 6.29. The fourth-order valence-corrected chi connectivity index (χ4v) is 3.64. The minimum atomic E-state index is 0. The fraction of sp³-hybridized carbons (Fsp3) is 0.0714. The molecule has 0 spiro atoms. The number of benzene rings is 4. The Balaban J connectivity index is 0.00000306. The summed E-state index contributed by atoms with van der Waals surface area (Å²) in [7, 11) is 0. The van der Waals surface area contributed by atoms with Gasteiger partial charge < -0.3 is 10.2 Å². The van der Waals surface area contributed by atoms with Gasteiger partial charge in [0.2, 0.25) is 0 Å². The maximum Gasteiger partial charge on any atom is 0.124 e. The molecule has 0 saturated heterocycles. The first kappa shape index (κ1) is 24.1. The maximum absolute atomic E-state index is 10.2. The SMILES string of the molecule is CC(=Nc1ccccc1-c1ccccc1N=C(C)c1ccccc1O)c1ccccc1O.[Zn]. The number of hydrogen-bond acceptors (Lipinski definition) is 4. The molecule has 0 aliphatic heterocycles. The monoisotopic (exact) mass is 484 g/mol. The Kier molecular flexibility index (Phi) is 7.92. The Morgan fingerprint density at radius 1 is 0.515 bits per heavy atom. The van der Waals surface area contributed by atoms with E-state index in [-0.39, 0.29) is 31.0 Å². The molecule has 0 aromatic heterocycles. The zero-order valence-electron chi connectivity index (χ0n) is 18.7. The standard InChI is InChI=1S/C28H24N2O2.Zn/c1-19(21-11-5-9-17-27(21)31)29-25-15-7-3-13-23(25)24-14-4-8-16-26(24)30-20(2)22-12-6-10-18-28(22)32;/h3-18,31-32H,1-2H3;. The molecule has 0 unspecified atom stereocenters. The minimum Gasteiger partial charge on any atom is -0.507 e. The number of phenols is 2. The molecule has 0 aliphatic carbocycles. The molecule has 0 atom stereocenters. The average molecular weight is 486 g/mol. The second-order valence-electron chi connectivity index (χ2n) is 7.46. The van der Waals surface area contributed by atoms with Gasteiger partial charge >= 0.3 is 0 Å². The summed E-state index contributed by atoms with van der Waals surface area (Å²) in [4.78, 5) is 9.65. The van der Waals surface area contributed by atoms with Gasteiger partial charge in [0.1, 0.15) is 11.5 Å². The third kappa shape index (κ3) is 5.44. The van der Waals surface area contributed by atoms with Crippen molar-refractivity contribution >= 4 is 22.8 Å². The smallest absolute Gasteiger partial charge is 0.124 e. The molecule has 33 heavy (non-hydrogen) atoms. The quantitative estimate of drug-likeness (QED) is 0.235. The molecular weight excluding hydrogens is 462 g/mol. The van der Waals surface area contributed by atoms with E-state index in [1.165, 1.54) is 0 Å². The van der Waals surface area contributed by atoms with Crippen LogP contribution in [0.25, 0.3) is 11.1 Å². The van der Waals surface area contributed by atoms with Crippen molar-refractivity contribution < 1.29 is 29.7 Å². The second-order valence-corrected chi connectivity index (χ2v) is 7.46. The zero-order chi connectivity index (χ0) is 22.5. The van der Waals surface area contributed by atoms with Gasteiger partial charge in [-0.2, -0.15) is 0 Å². The molecule has 0 radical (unpaired) electrons. The molecule has 4 aromatic rings. The van der Waals surface area contributed by atoms with Crippen LogP contribution in [0.15, 0.2) is 107 Å². The molecule has 4 aromatic carbocycles. The summed E-state index contributed by atoms with van der Waals surface area (Å²) in [6, 6.07) is 30.1. The van der Waals surface area contributed by atoms with E-state index in [2.05, 4.69) is 0 Å². The van der Waals surface area contributed by atoms with Crippen molar-refractivity contribution in [1.29, 1.82) is 0 Å². The van der Waals surface area contributed by atoms with Crippen molar-refractivity contribution in [1.82, 2.24) is 0 Å². The van der Waals surface area contributed by atoms with E-state index in [0.29, 0.717) is 11.1 Å². The van der Waals surface area contributed by atoms with Crippen molar-refractivity contribution in [3.8, 4) is 22.6 Å². The Hall–Kier alpha value is -3.56. The third-order valence-corrected chi connectivity index (χ3v) is 5.26. The predicted molar refractivity (Wildman–Crippen MR) is 132 cm³/mol. The van der Waals surface area contributed by atoms with Crippen molar-refractivity contribution in [2.75, 3.05) is 0 Å². The Morgan fingerprint density at radius 2 is 0.848 bits per heavy atom. The molecule has 160 valence electrons. The van der Waals surface area contributed by atoms with Crippen LogP contribution < -0.4 is 0 Å². The molecule has 5 heteroatoms. The summed E-state index contributed by atoms with van der Waals surface area (Å²) in [5, 5.41) is 20.4. The number of para-hydroxylation sites is 4. The van der Waals surface area contributed by atoms with Gasteiger partial charge in [-0.05, 0) is 50.2 Å². The molecule has 0 aliphatic rings. The van der Waals surface area contributed by atoms with Gasteiger partial charge in [-0.25, -0.2) is 0 Å². The zero-order valence-corrected chi connectivity index (χ0v) is 21.7. The summed E-state index contributed by atoms with van der Waals surface area (Å²) in [6.45, 7) is 3.77. The van der Waals surface area contributed by atoms with E-state index in [1.807, 2.05) is 86.6 Å². The van der Waals surface area contributed by atoms with Crippen LogP contribution in [-0.4, -0.2) is 21.6 Å². The van der Waals surface area contributed by atoms with Crippen LogP contribution in [0.1, 0.15) is 25.0 Å². The van der Waals surface area contributed by atoms with Crippen LogP contribution in [0, 0.1) is 0 Å². The molecule has 0 amide bonds. The average Bonchev–Trinajstić information content (AvgIpc) is 2.80. The van der Waals surface area contributed by atoms with Gasteiger partial charge in [-0.15, -0.1) is 0 Å². The summed E-state index contributed by atoms with van der Waals surface area (Å²) in [6.07, 6.45) is 0. The van der Waals surface area contributed by atoms with E-state index >= 15 is 0 Å². The third-order valence-electron chi connectivity index (χ3n) is 5.26. The van der Waals surface area contributed by atoms with E-state index in [4.69, 9.17) is 9.98 Å². The van der Waals surface area contributed by atoms with Gasteiger partial charge in [-0.1, -0.05) is 60.7 Å². The molecule has 0 heterocycles. The predicted octanol–water partition coefficient (Wildman–Crippen LogP) is 7.04. The minimum absolute atomic E-state index is 0. The largest absolute Gasteiger partial charge is 0.507 e. The second kappa shape index (κ2) is 10.8. The first-order chi connectivity index (χ1) is 15.5. The van der Waals surface area contributed by atoms with Crippen LogP contribution in [0.5, 0.6) is 11.5 Å². The van der Waals surface area contributed by atoms with Crippen LogP contribution in [0.2, 0.25) is 0 Å². The molecule has 0 bridgehead atoms.